The fourth-order valence-corrected chi connectivity index (χ4v) is 2.34. The highest BCUT2D eigenvalue weighted by molar-refractivity contribution is 5.83. The molecule has 0 saturated heterocycles. The molecule has 0 bridgehead atoms. The van der Waals surface area contributed by atoms with Gasteiger partial charge in [0.2, 0.25) is 5.91 Å². The topological polar surface area (TPSA) is 72.4 Å². The average molecular weight is 287 g/mol. The van der Waals surface area contributed by atoms with E-state index in [4.69, 9.17) is 10.3 Å². The molecule has 112 valence electrons. The second kappa shape index (κ2) is 5.99. The van der Waals surface area contributed by atoms with E-state index in [9.17, 15) is 4.79 Å². The Bertz CT molecular complexity index is 629. The first-order valence-electron chi connectivity index (χ1n) is 6.92. The van der Waals surface area contributed by atoms with Crippen molar-refractivity contribution in [1.82, 2.24) is 10.1 Å². The number of nitrogen functional groups attached to an aromatic ring is 1. The van der Waals surface area contributed by atoms with Crippen LogP contribution in [0.5, 0.6) is 0 Å². The number of aromatic nitrogens is 1. The van der Waals surface area contributed by atoms with E-state index in [0.29, 0.717) is 12.2 Å². The van der Waals surface area contributed by atoms with E-state index in [-0.39, 0.29) is 11.8 Å². The lowest BCUT2D eigenvalue weighted by Crippen LogP contribution is -2.30. The largest absolute Gasteiger partial charge is 0.399 e. The van der Waals surface area contributed by atoms with Gasteiger partial charge < -0.3 is 15.2 Å². The second-order valence-electron chi connectivity index (χ2n) is 5.39. The van der Waals surface area contributed by atoms with E-state index in [1.165, 1.54) is 0 Å². The summed E-state index contributed by atoms with van der Waals surface area (Å²) >= 11 is 0. The Kier molecular flexibility index (Phi) is 4.31. The molecule has 0 aliphatic heterocycles. The fourth-order valence-electron chi connectivity index (χ4n) is 2.34. The van der Waals surface area contributed by atoms with Crippen molar-refractivity contribution in [3.63, 3.8) is 0 Å². The number of hydrogen-bond donors (Lipinski definition) is 1. The van der Waals surface area contributed by atoms with Gasteiger partial charge in [0.25, 0.3) is 0 Å². The maximum atomic E-state index is 12.5. The van der Waals surface area contributed by atoms with Crippen LogP contribution in [0.2, 0.25) is 0 Å². The van der Waals surface area contributed by atoms with Gasteiger partial charge in [0.15, 0.2) is 0 Å². The first-order chi connectivity index (χ1) is 9.90. The molecule has 0 radical (unpaired) electrons. The summed E-state index contributed by atoms with van der Waals surface area (Å²) in [7, 11) is 1.79. The molecule has 1 unspecified atom stereocenters. The third-order valence-corrected chi connectivity index (χ3v) is 3.73. The van der Waals surface area contributed by atoms with Gasteiger partial charge in [0, 0.05) is 18.3 Å². The lowest BCUT2D eigenvalue weighted by atomic mass is 9.99. The zero-order valence-corrected chi connectivity index (χ0v) is 12.9. The summed E-state index contributed by atoms with van der Waals surface area (Å²) in [6.07, 6.45) is 0. The van der Waals surface area contributed by atoms with Crippen molar-refractivity contribution in [3.8, 4) is 0 Å². The molecule has 2 rings (SSSR count). The number of nitrogens with two attached hydrogens (primary N) is 1. The SMILES string of the molecule is Cc1noc(C)c1CN(C)C(=O)C(C)c1cccc(N)c1. The number of amides is 1. The molecular weight excluding hydrogens is 266 g/mol. The predicted molar refractivity (Wildman–Crippen MR) is 81.7 cm³/mol. The van der Waals surface area contributed by atoms with Gasteiger partial charge in [0.1, 0.15) is 5.76 Å². The van der Waals surface area contributed by atoms with Crippen LogP contribution in [0.3, 0.4) is 0 Å². The summed E-state index contributed by atoms with van der Waals surface area (Å²) < 4.78 is 5.13. The monoisotopic (exact) mass is 287 g/mol. The van der Waals surface area contributed by atoms with Gasteiger partial charge in [-0.3, -0.25) is 4.79 Å². The van der Waals surface area contributed by atoms with Gasteiger partial charge in [-0.25, -0.2) is 0 Å². The van der Waals surface area contributed by atoms with Crippen molar-refractivity contribution >= 4 is 11.6 Å². The Morgan fingerprint density at radius 1 is 1.43 bits per heavy atom. The first kappa shape index (κ1) is 15.1. The number of carbonyl (C=O) groups is 1. The smallest absolute Gasteiger partial charge is 0.229 e. The van der Waals surface area contributed by atoms with Crippen molar-refractivity contribution in [1.29, 1.82) is 0 Å². The number of rotatable bonds is 4. The van der Waals surface area contributed by atoms with E-state index in [0.717, 1.165) is 22.6 Å². The van der Waals surface area contributed by atoms with Crippen LogP contribution >= 0.6 is 0 Å². The van der Waals surface area contributed by atoms with Gasteiger partial charge in [-0.05, 0) is 38.5 Å². The molecule has 0 fully saturated rings. The fraction of sp³-hybridized carbons (Fsp3) is 0.375. The van der Waals surface area contributed by atoms with Crippen molar-refractivity contribution in [2.45, 2.75) is 33.2 Å². The molecule has 5 heteroatoms. The van der Waals surface area contributed by atoms with Crippen LogP contribution < -0.4 is 5.73 Å². The molecule has 5 nitrogen and oxygen atoms in total. The van der Waals surface area contributed by atoms with E-state index < -0.39 is 0 Å². The maximum absolute atomic E-state index is 12.5. The highest BCUT2D eigenvalue weighted by atomic mass is 16.5. The van der Waals surface area contributed by atoms with Crippen molar-refractivity contribution < 1.29 is 9.32 Å². The summed E-state index contributed by atoms with van der Waals surface area (Å²) in [5.74, 6) is 0.559. The third-order valence-electron chi connectivity index (χ3n) is 3.73. The standard InChI is InChI=1S/C16H21N3O2/c1-10(13-6-5-7-14(17)8-13)16(20)19(4)9-15-11(2)18-21-12(15)3/h5-8,10H,9,17H2,1-4H3. The Labute approximate surface area is 124 Å². The normalized spacial score (nSPS) is 12.2. The van der Waals surface area contributed by atoms with E-state index in [1.54, 1.807) is 11.9 Å². The predicted octanol–water partition coefficient (Wildman–Crippen LogP) is 2.64. The Hall–Kier alpha value is -2.30. The van der Waals surface area contributed by atoms with E-state index in [2.05, 4.69) is 5.16 Å². The molecule has 0 aliphatic rings. The van der Waals surface area contributed by atoms with E-state index in [1.807, 2.05) is 45.0 Å². The number of nitrogens with zero attached hydrogens (tertiary/aromatic N) is 2. The summed E-state index contributed by atoms with van der Waals surface area (Å²) in [5, 5.41) is 3.91. The summed E-state index contributed by atoms with van der Waals surface area (Å²) in [6, 6.07) is 7.44. The number of likely N-dealkylation sites (N-methyl/N-ethyl adjacent to an activating group) is 1. The van der Waals surface area contributed by atoms with Crippen LogP contribution in [0.4, 0.5) is 5.69 Å². The molecule has 1 aromatic heterocycles. The van der Waals surface area contributed by atoms with Gasteiger partial charge in [-0.2, -0.15) is 0 Å². The van der Waals surface area contributed by atoms with Gasteiger partial charge >= 0.3 is 0 Å². The quantitative estimate of drug-likeness (QED) is 0.877. The Morgan fingerprint density at radius 2 is 2.14 bits per heavy atom. The zero-order valence-electron chi connectivity index (χ0n) is 12.9. The Balaban J connectivity index is 2.12. The summed E-state index contributed by atoms with van der Waals surface area (Å²) in [4.78, 5) is 14.2. The highest BCUT2D eigenvalue weighted by Crippen LogP contribution is 2.22. The lowest BCUT2D eigenvalue weighted by molar-refractivity contribution is -0.131. The number of hydrogen-bond acceptors (Lipinski definition) is 4. The molecule has 2 aromatic rings. The molecule has 21 heavy (non-hydrogen) atoms. The first-order valence-corrected chi connectivity index (χ1v) is 6.92. The number of aryl methyl sites for hydroxylation is 2. The minimum atomic E-state index is -0.237. The molecule has 0 saturated carbocycles. The number of benzene rings is 1. The van der Waals surface area contributed by atoms with Crippen molar-refractivity contribution in [3.05, 3.63) is 46.8 Å². The van der Waals surface area contributed by atoms with Gasteiger partial charge in [0.05, 0.1) is 18.2 Å². The average Bonchev–Trinajstić information content (AvgIpc) is 2.77. The van der Waals surface area contributed by atoms with Gasteiger partial charge in [-0.15, -0.1) is 0 Å². The molecule has 1 aromatic carbocycles. The lowest BCUT2D eigenvalue weighted by Gasteiger charge is -2.21. The number of carbonyl (C=O) groups excluding carboxylic acids is 1. The maximum Gasteiger partial charge on any atom is 0.229 e. The summed E-state index contributed by atoms with van der Waals surface area (Å²) in [5.41, 5.74) is 9.15. The van der Waals surface area contributed by atoms with Crippen molar-refractivity contribution in [2.75, 3.05) is 12.8 Å². The van der Waals surface area contributed by atoms with E-state index >= 15 is 0 Å². The van der Waals surface area contributed by atoms with Crippen LogP contribution in [0.25, 0.3) is 0 Å². The zero-order chi connectivity index (χ0) is 15.6. The minimum absolute atomic E-state index is 0.0422. The van der Waals surface area contributed by atoms with Crippen LogP contribution in [0.1, 0.15) is 35.4 Å². The number of anilines is 1. The molecular formula is C16H21N3O2. The highest BCUT2D eigenvalue weighted by Gasteiger charge is 2.21. The molecule has 1 heterocycles. The van der Waals surface area contributed by atoms with Crippen LogP contribution in [0, 0.1) is 13.8 Å². The van der Waals surface area contributed by atoms with Gasteiger partial charge in [-0.1, -0.05) is 17.3 Å². The van der Waals surface area contributed by atoms with Crippen LogP contribution in [0.15, 0.2) is 28.8 Å². The Morgan fingerprint density at radius 3 is 2.71 bits per heavy atom. The minimum Gasteiger partial charge on any atom is -0.399 e. The molecule has 1 amide bonds. The molecule has 2 N–H and O–H groups in total. The van der Waals surface area contributed by atoms with Crippen LogP contribution in [-0.2, 0) is 11.3 Å². The summed E-state index contributed by atoms with van der Waals surface area (Å²) in [6.45, 7) is 6.12. The molecule has 0 aliphatic carbocycles. The van der Waals surface area contributed by atoms with Crippen LogP contribution in [-0.4, -0.2) is 23.0 Å². The molecule has 0 spiro atoms. The van der Waals surface area contributed by atoms with Crippen molar-refractivity contribution in [2.24, 2.45) is 0 Å². The third kappa shape index (κ3) is 3.24. The molecule has 1 atom stereocenters. The second-order valence-corrected chi connectivity index (χ2v) is 5.39.